The fourth-order valence-corrected chi connectivity index (χ4v) is 3.73. The van der Waals surface area contributed by atoms with Crippen LogP contribution < -0.4 is 20.7 Å². The van der Waals surface area contributed by atoms with Gasteiger partial charge in [0.1, 0.15) is 11.6 Å². The second kappa shape index (κ2) is 6.61. The van der Waals surface area contributed by atoms with Crippen LogP contribution in [-0.2, 0) is 4.74 Å². The minimum atomic E-state index is -0.530. The zero-order valence-corrected chi connectivity index (χ0v) is 15.3. The van der Waals surface area contributed by atoms with Gasteiger partial charge in [0, 0.05) is 30.6 Å². The van der Waals surface area contributed by atoms with Crippen molar-refractivity contribution in [3.05, 3.63) is 30.0 Å². The molecule has 1 aromatic heterocycles. The van der Waals surface area contributed by atoms with Gasteiger partial charge in [-0.3, -0.25) is 4.79 Å². The van der Waals surface area contributed by atoms with Crippen molar-refractivity contribution in [1.29, 1.82) is 0 Å². The van der Waals surface area contributed by atoms with Gasteiger partial charge in [-0.05, 0) is 37.4 Å². The summed E-state index contributed by atoms with van der Waals surface area (Å²) in [4.78, 5) is 30.0. The Hall–Kier alpha value is -3.03. The molecule has 0 spiro atoms. The predicted octanol–water partition coefficient (Wildman–Crippen LogP) is 1.67. The van der Waals surface area contributed by atoms with E-state index in [1.807, 2.05) is 26.0 Å². The lowest BCUT2D eigenvalue weighted by atomic mass is 10.0. The highest BCUT2D eigenvalue weighted by molar-refractivity contribution is 6.03. The van der Waals surface area contributed by atoms with Gasteiger partial charge in [0.2, 0.25) is 0 Å². The summed E-state index contributed by atoms with van der Waals surface area (Å²) in [7, 11) is 0. The maximum absolute atomic E-state index is 11.9. The van der Waals surface area contributed by atoms with E-state index in [0.717, 1.165) is 23.1 Å². The number of alkyl carbamates (subject to hydrolysis) is 1. The first-order valence-electron chi connectivity index (χ1n) is 9.00. The number of ether oxygens (including phenoxy) is 2. The Morgan fingerprint density at radius 2 is 2.22 bits per heavy atom. The van der Waals surface area contributed by atoms with Crippen LogP contribution in [-0.4, -0.2) is 48.8 Å². The van der Waals surface area contributed by atoms with E-state index in [9.17, 15) is 9.59 Å². The average molecular weight is 370 g/mol. The summed E-state index contributed by atoms with van der Waals surface area (Å²) in [5.74, 6) is 0.933. The van der Waals surface area contributed by atoms with E-state index in [1.54, 1.807) is 12.3 Å². The number of carbonyl (C=O) groups is 2. The van der Waals surface area contributed by atoms with Crippen LogP contribution in [0.5, 0.6) is 5.75 Å². The van der Waals surface area contributed by atoms with Crippen LogP contribution in [0, 0.1) is 5.92 Å². The molecule has 2 aliphatic heterocycles. The molecule has 2 atom stereocenters. The summed E-state index contributed by atoms with van der Waals surface area (Å²) in [5, 5.41) is 4.61. The van der Waals surface area contributed by atoms with Gasteiger partial charge >= 0.3 is 6.09 Å². The van der Waals surface area contributed by atoms with Crippen LogP contribution in [0.15, 0.2) is 24.4 Å². The highest BCUT2D eigenvalue weighted by Crippen LogP contribution is 2.34. The Bertz CT molecular complexity index is 914. The number of cyclic esters (lactones) is 1. The number of fused-ring (bicyclic) bond motifs is 2. The van der Waals surface area contributed by atoms with Crippen LogP contribution in [0.2, 0.25) is 0 Å². The smallest absolute Gasteiger partial charge is 0.407 e. The Kier molecular flexibility index (Phi) is 4.25. The molecule has 2 fully saturated rings. The van der Waals surface area contributed by atoms with Gasteiger partial charge in [0.05, 0.1) is 24.3 Å². The van der Waals surface area contributed by atoms with Crippen molar-refractivity contribution in [2.45, 2.75) is 26.0 Å². The van der Waals surface area contributed by atoms with Crippen molar-refractivity contribution in [2.75, 3.05) is 24.6 Å². The average Bonchev–Trinajstić information content (AvgIpc) is 3.02. The molecular formula is C19H22N4O4. The highest BCUT2D eigenvalue weighted by Gasteiger charge is 2.39. The molecule has 2 unspecified atom stereocenters. The zero-order chi connectivity index (χ0) is 19.1. The van der Waals surface area contributed by atoms with Crippen LogP contribution >= 0.6 is 0 Å². The number of hydrogen-bond acceptors (Lipinski definition) is 6. The van der Waals surface area contributed by atoms with Crippen molar-refractivity contribution < 1.29 is 19.1 Å². The summed E-state index contributed by atoms with van der Waals surface area (Å²) >= 11 is 0. The maximum atomic E-state index is 11.9. The highest BCUT2D eigenvalue weighted by atomic mass is 16.6. The number of nitrogens with zero attached hydrogens (tertiary/aromatic N) is 2. The number of amides is 2. The Balaban J connectivity index is 1.75. The molecule has 1 aromatic carbocycles. The summed E-state index contributed by atoms with van der Waals surface area (Å²) in [6.07, 6.45) is 1.24. The number of carbonyl (C=O) groups excluding carboxylic acids is 2. The molecule has 0 bridgehead atoms. The van der Waals surface area contributed by atoms with E-state index < -0.39 is 5.91 Å². The molecule has 4 rings (SSSR count). The van der Waals surface area contributed by atoms with E-state index in [4.69, 9.17) is 15.2 Å². The van der Waals surface area contributed by atoms with Gasteiger partial charge in [0.25, 0.3) is 5.91 Å². The van der Waals surface area contributed by atoms with Crippen molar-refractivity contribution in [3.8, 4) is 5.75 Å². The standard InChI is InChI=1S/C19H22N4O4/c1-10(2)27-16-6-13-11(5-14(16)17(20)24)3-4-21-18(13)23-7-12-9-26-19(25)22-15(12)8-23/h3-6,10,12,15H,7-9H2,1-2H3,(H2,20,24)(H,22,25). The molecule has 27 heavy (non-hydrogen) atoms. The van der Waals surface area contributed by atoms with E-state index in [0.29, 0.717) is 24.5 Å². The van der Waals surface area contributed by atoms with Crippen LogP contribution in [0.25, 0.3) is 10.8 Å². The minimum Gasteiger partial charge on any atom is -0.490 e. The number of pyridine rings is 1. The first-order chi connectivity index (χ1) is 12.9. The number of anilines is 1. The van der Waals surface area contributed by atoms with E-state index in [1.165, 1.54) is 0 Å². The molecule has 8 heteroatoms. The number of hydrogen-bond donors (Lipinski definition) is 2. The number of nitrogens with two attached hydrogens (primary N) is 1. The number of aromatic nitrogens is 1. The molecule has 3 N–H and O–H groups in total. The van der Waals surface area contributed by atoms with Crippen molar-refractivity contribution in [2.24, 2.45) is 11.7 Å². The van der Waals surface area contributed by atoms with E-state index >= 15 is 0 Å². The fraction of sp³-hybridized carbons (Fsp3) is 0.421. The van der Waals surface area contributed by atoms with E-state index in [-0.39, 0.29) is 24.2 Å². The summed E-state index contributed by atoms with van der Waals surface area (Å²) in [6.45, 7) is 5.59. The lowest BCUT2D eigenvalue weighted by molar-refractivity contribution is 0.0950. The zero-order valence-electron chi connectivity index (χ0n) is 15.3. The molecule has 2 aliphatic rings. The van der Waals surface area contributed by atoms with E-state index in [2.05, 4.69) is 15.2 Å². The second-order valence-corrected chi connectivity index (χ2v) is 7.25. The number of primary amides is 1. The monoisotopic (exact) mass is 370 g/mol. The quantitative estimate of drug-likeness (QED) is 0.848. The molecule has 2 saturated heterocycles. The number of benzene rings is 1. The molecule has 8 nitrogen and oxygen atoms in total. The molecule has 0 radical (unpaired) electrons. The number of rotatable bonds is 4. The third kappa shape index (κ3) is 3.22. The Morgan fingerprint density at radius 3 is 2.96 bits per heavy atom. The Morgan fingerprint density at radius 1 is 1.41 bits per heavy atom. The normalized spacial score (nSPS) is 21.7. The Labute approximate surface area is 156 Å². The molecule has 0 aliphatic carbocycles. The maximum Gasteiger partial charge on any atom is 0.407 e. The largest absolute Gasteiger partial charge is 0.490 e. The SMILES string of the molecule is CC(C)Oc1cc2c(N3CC4COC(=O)NC4C3)nccc2cc1C(N)=O. The van der Waals surface area contributed by atoms with Crippen LogP contribution in [0.1, 0.15) is 24.2 Å². The van der Waals surface area contributed by atoms with Crippen LogP contribution in [0.4, 0.5) is 10.6 Å². The second-order valence-electron chi connectivity index (χ2n) is 7.25. The van der Waals surface area contributed by atoms with Gasteiger partial charge in [-0.25, -0.2) is 9.78 Å². The molecular weight excluding hydrogens is 348 g/mol. The molecule has 3 heterocycles. The lowest BCUT2D eigenvalue weighted by Gasteiger charge is -2.24. The van der Waals surface area contributed by atoms with Gasteiger partial charge in [-0.15, -0.1) is 0 Å². The third-order valence-corrected chi connectivity index (χ3v) is 4.94. The third-order valence-electron chi connectivity index (χ3n) is 4.94. The van der Waals surface area contributed by atoms with Crippen molar-refractivity contribution in [3.63, 3.8) is 0 Å². The number of nitrogens with one attached hydrogen (secondary N) is 1. The first kappa shape index (κ1) is 17.4. The minimum absolute atomic E-state index is 0.0413. The fourth-order valence-electron chi connectivity index (χ4n) is 3.73. The molecule has 2 amide bonds. The topological polar surface area (TPSA) is 107 Å². The van der Waals surface area contributed by atoms with Gasteiger partial charge in [-0.2, -0.15) is 0 Å². The van der Waals surface area contributed by atoms with Crippen LogP contribution in [0.3, 0.4) is 0 Å². The molecule has 0 saturated carbocycles. The van der Waals surface area contributed by atoms with Crippen molar-refractivity contribution >= 4 is 28.6 Å². The van der Waals surface area contributed by atoms with Gasteiger partial charge < -0.3 is 25.4 Å². The van der Waals surface area contributed by atoms with Gasteiger partial charge in [-0.1, -0.05) is 0 Å². The molecule has 2 aromatic rings. The summed E-state index contributed by atoms with van der Waals surface area (Å²) in [5.41, 5.74) is 5.89. The van der Waals surface area contributed by atoms with Crippen molar-refractivity contribution in [1.82, 2.24) is 10.3 Å². The summed E-state index contributed by atoms with van der Waals surface area (Å²) in [6, 6.07) is 5.46. The lowest BCUT2D eigenvalue weighted by Crippen LogP contribution is -2.47. The van der Waals surface area contributed by atoms with Gasteiger partial charge in [0.15, 0.2) is 0 Å². The summed E-state index contributed by atoms with van der Waals surface area (Å²) < 4.78 is 10.9. The predicted molar refractivity (Wildman–Crippen MR) is 100.0 cm³/mol. The first-order valence-corrected chi connectivity index (χ1v) is 9.00. The molecule has 142 valence electrons.